The van der Waals surface area contributed by atoms with E-state index in [2.05, 4.69) is 21.2 Å². The van der Waals surface area contributed by atoms with Gasteiger partial charge < -0.3 is 4.74 Å². The molecule has 1 heterocycles. The number of hydroxylamine groups is 1. The molecule has 6 heteroatoms. The van der Waals surface area contributed by atoms with Crippen molar-refractivity contribution < 1.29 is 14.4 Å². The lowest BCUT2D eigenvalue weighted by molar-refractivity contribution is 0.0430. The lowest BCUT2D eigenvalue weighted by Crippen LogP contribution is -2.50. The molecule has 0 fully saturated rings. The molecule has 5 nitrogen and oxygen atoms in total. The number of ether oxygens (including phenoxy) is 1. The van der Waals surface area contributed by atoms with Crippen LogP contribution in [0.15, 0.2) is 71.2 Å². The number of hydrogen-bond donors (Lipinski definition) is 1. The zero-order valence-corrected chi connectivity index (χ0v) is 15.3. The quantitative estimate of drug-likeness (QED) is 0.770. The van der Waals surface area contributed by atoms with Gasteiger partial charge in [-0.15, -0.1) is 0 Å². The van der Waals surface area contributed by atoms with Crippen LogP contribution in [0.4, 0.5) is 10.5 Å². The van der Waals surface area contributed by atoms with Crippen LogP contribution in [-0.4, -0.2) is 18.4 Å². The average Bonchev–Trinajstić information content (AvgIpc) is 2.63. The van der Waals surface area contributed by atoms with E-state index < -0.39 is 12.3 Å². The minimum atomic E-state index is -0.501. The summed E-state index contributed by atoms with van der Waals surface area (Å²) in [6, 6.07) is 17.2. The number of rotatable bonds is 4. The molecule has 0 spiro atoms. The molecule has 0 saturated carbocycles. The predicted octanol–water partition coefficient (Wildman–Crippen LogP) is 4.40. The summed E-state index contributed by atoms with van der Waals surface area (Å²) in [5.41, 5.74) is 1.78. The smallest absolute Gasteiger partial charge is 0.409 e. The third kappa shape index (κ3) is 4.84. The molecular formula is C19H19BrN2O3. The molecule has 2 atom stereocenters. The maximum atomic E-state index is 12.1. The molecular weight excluding hydrogens is 384 g/mol. The fourth-order valence-corrected chi connectivity index (χ4v) is 2.69. The van der Waals surface area contributed by atoms with Crippen LogP contribution in [0.25, 0.3) is 0 Å². The first-order chi connectivity index (χ1) is 12.1. The minimum absolute atomic E-state index is 0.0814. The van der Waals surface area contributed by atoms with E-state index in [1.54, 1.807) is 5.06 Å². The Morgan fingerprint density at radius 1 is 1.16 bits per heavy atom. The molecule has 2 unspecified atom stereocenters. The molecule has 25 heavy (non-hydrogen) atoms. The van der Waals surface area contributed by atoms with Crippen molar-refractivity contribution in [1.29, 1.82) is 0 Å². The minimum Gasteiger partial charge on any atom is -0.445 e. The van der Waals surface area contributed by atoms with Crippen LogP contribution in [0, 0.1) is 0 Å². The van der Waals surface area contributed by atoms with Gasteiger partial charge in [-0.1, -0.05) is 52.3 Å². The summed E-state index contributed by atoms with van der Waals surface area (Å²) in [5.74, 6) is 0. The third-order valence-corrected chi connectivity index (χ3v) is 4.19. The first kappa shape index (κ1) is 17.5. The third-order valence-electron chi connectivity index (χ3n) is 3.66. The largest absolute Gasteiger partial charge is 0.445 e. The molecule has 0 bridgehead atoms. The van der Waals surface area contributed by atoms with Crippen LogP contribution in [0.5, 0.6) is 0 Å². The number of alkyl carbamates (subject to hydrolysis) is 1. The van der Waals surface area contributed by atoms with Crippen LogP contribution in [0.2, 0.25) is 0 Å². The van der Waals surface area contributed by atoms with E-state index in [1.165, 1.54) is 0 Å². The second kappa shape index (κ2) is 8.18. The Morgan fingerprint density at radius 3 is 2.60 bits per heavy atom. The van der Waals surface area contributed by atoms with Crippen LogP contribution >= 0.6 is 15.9 Å². The summed E-state index contributed by atoms with van der Waals surface area (Å²) in [5, 5.41) is 4.48. The second-order valence-corrected chi connectivity index (χ2v) is 6.56. The number of amides is 1. The van der Waals surface area contributed by atoms with Gasteiger partial charge in [0.25, 0.3) is 0 Å². The van der Waals surface area contributed by atoms with Gasteiger partial charge >= 0.3 is 6.09 Å². The van der Waals surface area contributed by atoms with Gasteiger partial charge in [0.1, 0.15) is 18.9 Å². The van der Waals surface area contributed by atoms with E-state index in [0.29, 0.717) is 0 Å². The Balaban J connectivity index is 1.64. The first-order valence-electron chi connectivity index (χ1n) is 7.99. The monoisotopic (exact) mass is 402 g/mol. The Kier molecular flexibility index (Phi) is 5.73. The van der Waals surface area contributed by atoms with Crippen LogP contribution in [0.1, 0.15) is 12.5 Å². The normalized spacial score (nSPS) is 19.5. The number of benzene rings is 2. The predicted molar refractivity (Wildman–Crippen MR) is 99.9 cm³/mol. The molecule has 1 N–H and O–H groups in total. The van der Waals surface area contributed by atoms with Crippen molar-refractivity contribution in [3.63, 3.8) is 0 Å². The molecule has 1 amide bonds. The SMILES string of the molecule is CC1C=CC(NC(=O)OCc2ccccc2)N(c2ccc(Br)cc2)O1. The average molecular weight is 403 g/mol. The van der Waals surface area contributed by atoms with Crippen molar-refractivity contribution >= 4 is 27.7 Å². The number of carbonyl (C=O) groups is 1. The molecule has 2 aromatic carbocycles. The van der Waals surface area contributed by atoms with Crippen molar-refractivity contribution in [2.24, 2.45) is 0 Å². The number of halogens is 1. The van der Waals surface area contributed by atoms with Gasteiger partial charge in [0.15, 0.2) is 0 Å². The van der Waals surface area contributed by atoms with E-state index in [0.717, 1.165) is 15.7 Å². The Morgan fingerprint density at radius 2 is 1.88 bits per heavy atom. The highest BCUT2D eigenvalue weighted by molar-refractivity contribution is 9.10. The molecule has 0 saturated heterocycles. The van der Waals surface area contributed by atoms with E-state index in [-0.39, 0.29) is 12.7 Å². The standard InChI is InChI=1S/C19H19BrN2O3/c1-14-7-12-18(22(25-14)17-10-8-16(20)9-11-17)21-19(23)24-13-15-5-3-2-4-6-15/h2-12,14,18H,13H2,1H3,(H,21,23). The van der Waals surface area contributed by atoms with Crippen molar-refractivity contribution in [1.82, 2.24) is 5.32 Å². The summed E-state index contributed by atoms with van der Waals surface area (Å²) in [6.45, 7) is 2.16. The Hall–Kier alpha value is -2.31. The summed E-state index contributed by atoms with van der Waals surface area (Å²) in [7, 11) is 0. The molecule has 1 aliphatic rings. The lowest BCUT2D eigenvalue weighted by Gasteiger charge is -2.35. The highest BCUT2D eigenvalue weighted by Gasteiger charge is 2.25. The van der Waals surface area contributed by atoms with Gasteiger partial charge in [-0.25, -0.2) is 9.86 Å². The van der Waals surface area contributed by atoms with E-state index in [4.69, 9.17) is 9.57 Å². The summed E-state index contributed by atoms with van der Waals surface area (Å²) < 4.78 is 6.26. The molecule has 3 rings (SSSR count). The van der Waals surface area contributed by atoms with Crippen molar-refractivity contribution in [2.75, 3.05) is 5.06 Å². The zero-order valence-electron chi connectivity index (χ0n) is 13.8. The molecule has 0 aromatic heterocycles. The van der Waals surface area contributed by atoms with Crippen molar-refractivity contribution in [3.05, 3.63) is 76.8 Å². The molecule has 130 valence electrons. The fourth-order valence-electron chi connectivity index (χ4n) is 2.42. The number of nitrogens with one attached hydrogen (secondary N) is 1. The highest BCUT2D eigenvalue weighted by Crippen LogP contribution is 2.24. The number of carbonyl (C=O) groups excluding carboxylic acids is 1. The van der Waals surface area contributed by atoms with E-state index in [9.17, 15) is 4.79 Å². The van der Waals surface area contributed by atoms with Gasteiger partial charge in [-0.05, 0) is 42.8 Å². The van der Waals surface area contributed by atoms with Gasteiger partial charge in [0.05, 0.1) is 5.69 Å². The fraction of sp³-hybridized carbons (Fsp3) is 0.211. The number of anilines is 1. The molecule has 2 aromatic rings. The maximum absolute atomic E-state index is 12.1. The van der Waals surface area contributed by atoms with Crippen LogP contribution in [0.3, 0.4) is 0 Å². The Labute approximate surface area is 155 Å². The zero-order chi connectivity index (χ0) is 17.6. The lowest BCUT2D eigenvalue weighted by atomic mass is 10.2. The summed E-state index contributed by atoms with van der Waals surface area (Å²) in [6.07, 6.45) is 2.76. The molecule has 0 aliphatic carbocycles. The topological polar surface area (TPSA) is 50.8 Å². The van der Waals surface area contributed by atoms with Gasteiger partial charge in [-0.2, -0.15) is 0 Å². The van der Waals surface area contributed by atoms with E-state index in [1.807, 2.05) is 73.7 Å². The first-order valence-corrected chi connectivity index (χ1v) is 8.78. The summed E-state index contributed by atoms with van der Waals surface area (Å²) >= 11 is 3.42. The van der Waals surface area contributed by atoms with Crippen LogP contribution < -0.4 is 10.4 Å². The number of hydrogen-bond acceptors (Lipinski definition) is 4. The van der Waals surface area contributed by atoms with Crippen LogP contribution in [-0.2, 0) is 16.2 Å². The second-order valence-electron chi connectivity index (χ2n) is 5.65. The van der Waals surface area contributed by atoms with Gasteiger partial charge in [-0.3, -0.25) is 10.2 Å². The van der Waals surface area contributed by atoms with Gasteiger partial charge in [0, 0.05) is 4.47 Å². The summed E-state index contributed by atoms with van der Waals surface area (Å²) in [4.78, 5) is 18.0. The highest BCUT2D eigenvalue weighted by atomic mass is 79.9. The molecule has 1 aliphatic heterocycles. The van der Waals surface area contributed by atoms with Gasteiger partial charge in [0.2, 0.25) is 0 Å². The van der Waals surface area contributed by atoms with Crippen molar-refractivity contribution in [2.45, 2.75) is 25.8 Å². The molecule has 0 radical (unpaired) electrons. The van der Waals surface area contributed by atoms with Crippen molar-refractivity contribution in [3.8, 4) is 0 Å². The Bertz CT molecular complexity index is 734. The van der Waals surface area contributed by atoms with E-state index >= 15 is 0 Å². The maximum Gasteiger partial charge on any atom is 0.409 e. The number of nitrogens with zero attached hydrogens (tertiary/aromatic N) is 1.